The first-order valence-corrected chi connectivity index (χ1v) is 10.1. The first-order chi connectivity index (χ1) is 14.0. The SMILES string of the molecule is CC(C)(C)Nc1c(-c2ccccc2)cc(-c2ccccc2)cc1-c1ccccc1. The molecule has 4 aromatic carbocycles. The summed E-state index contributed by atoms with van der Waals surface area (Å²) >= 11 is 0. The van der Waals surface area contributed by atoms with Gasteiger partial charge in [0.05, 0.1) is 5.69 Å². The minimum absolute atomic E-state index is 0.0542. The molecule has 1 N–H and O–H groups in total. The fraction of sp³-hybridized carbons (Fsp3) is 0.143. The van der Waals surface area contributed by atoms with Crippen molar-refractivity contribution in [3.63, 3.8) is 0 Å². The molecule has 4 rings (SSSR count). The minimum atomic E-state index is -0.0542. The van der Waals surface area contributed by atoms with Gasteiger partial charge >= 0.3 is 0 Å². The molecule has 29 heavy (non-hydrogen) atoms. The number of rotatable bonds is 4. The van der Waals surface area contributed by atoms with Crippen molar-refractivity contribution in [1.82, 2.24) is 0 Å². The molecule has 0 saturated heterocycles. The van der Waals surface area contributed by atoms with Crippen molar-refractivity contribution in [2.45, 2.75) is 26.3 Å². The zero-order chi connectivity index (χ0) is 20.3. The summed E-state index contributed by atoms with van der Waals surface area (Å²) in [5, 5.41) is 3.79. The van der Waals surface area contributed by atoms with Gasteiger partial charge in [-0.3, -0.25) is 0 Å². The smallest absolute Gasteiger partial charge is 0.0503 e. The lowest BCUT2D eigenvalue weighted by atomic mass is 9.90. The van der Waals surface area contributed by atoms with Crippen LogP contribution in [0.25, 0.3) is 33.4 Å². The van der Waals surface area contributed by atoms with Crippen LogP contribution in [0.4, 0.5) is 5.69 Å². The van der Waals surface area contributed by atoms with Crippen molar-refractivity contribution in [2.24, 2.45) is 0 Å². The Morgan fingerprint density at radius 2 is 0.862 bits per heavy atom. The lowest BCUT2D eigenvalue weighted by Crippen LogP contribution is -2.26. The molecule has 0 radical (unpaired) electrons. The minimum Gasteiger partial charge on any atom is -0.379 e. The number of benzene rings is 4. The second-order valence-corrected chi connectivity index (χ2v) is 8.42. The summed E-state index contributed by atoms with van der Waals surface area (Å²) in [6.45, 7) is 6.63. The summed E-state index contributed by atoms with van der Waals surface area (Å²) < 4.78 is 0. The second-order valence-electron chi connectivity index (χ2n) is 8.42. The molecule has 0 unspecified atom stereocenters. The first kappa shape index (κ1) is 19.0. The van der Waals surface area contributed by atoms with Crippen LogP contribution in [0.2, 0.25) is 0 Å². The zero-order valence-corrected chi connectivity index (χ0v) is 17.3. The van der Waals surface area contributed by atoms with Crippen molar-refractivity contribution in [3.8, 4) is 33.4 Å². The van der Waals surface area contributed by atoms with Crippen molar-refractivity contribution < 1.29 is 0 Å². The highest BCUT2D eigenvalue weighted by molar-refractivity contribution is 5.94. The molecular formula is C28H27N. The van der Waals surface area contributed by atoms with Crippen LogP contribution in [-0.4, -0.2) is 5.54 Å². The van der Waals surface area contributed by atoms with E-state index in [0.717, 1.165) is 0 Å². The average molecular weight is 378 g/mol. The van der Waals surface area contributed by atoms with E-state index >= 15 is 0 Å². The maximum atomic E-state index is 3.79. The molecule has 0 aliphatic carbocycles. The topological polar surface area (TPSA) is 12.0 Å². The molecule has 0 saturated carbocycles. The van der Waals surface area contributed by atoms with E-state index in [4.69, 9.17) is 0 Å². The summed E-state index contributed by atoms with van der Waals surface area (Å²) in [5.74, 6) is 0. The van der Waals surface area contributed by atoms with Crippen LogP contribution in [0.15, 0.2) is 103 Å². The predicted octanol–water partition coefficient (Wildman–Crippen LogP) is 7.90. The number of hydrogen-bond acceptors (Lipinski definition) is 1. The molecule has 0 bridgehead atoms. The third-order valence-corrected chi connectivity index (χ3v) is 4.92. The quantitative estimate of drug-likeness (QED) is 0.381. The van der Waals surface area contributed by atoms with Crippen LogP contribution in [0.3, 0.4) is 0 Å². The van der Waals surface area contributed by atoms with Gasteiger partial charge in [0.1, 0.15) is 0 Å². The molecule has 0 heterocycles. The number of hydrogen-bond donors (Lipinski definition) is 1. The second kappa shape index (κ2) is 7.97. The van der Waals surface area contributed by atoms with Gasteiger partial charge in [-0.05, 0) is 55.2 Å². The molecule has 144 valence electrons. The van der Waals surface area contributed by atoms with Crippen molar-refractivity contribution in [3.05, 3.63) is 103 Å². The van der Waals surface area contributed by atoms with Gasteiger partial charge in [0, 0.05) is 16.7 Å². The van der Waals surface area contributed by atoms with Crippen LogP contribution >= 0.6 is 0 Å². The van der Waals surface area contributed by atoms with Gasteiger partial charge in [-0.1, -0.05) is 91.0 Å². The standard InChI is InChI=1S/C28H27N/c1-28(2,3)29-27-25(22-15-9-5-10-16-22)19-24(21-13-7-4-8-14-21)20-26(27)23-17-11-6-12-18-23/h4-20,29H,1-3H3. The predicted molar refractivity (Wildman–Crippen MR) is 126 cm³/mol. The molecule has 0 spiro atoms. The van der Waals surface area contributed by atoms with Crippen molar-refractivity contribution in [1.29, 1.82) is 0 Å². The van der Waals surface area contributed by atoms with Crippen LogP contribution in [0.5, 0.6) is 0 Å². The Morgan fingerprint density at radius 1 is 0.483 bits per heavy atom. The lowest BCUT2D eigenvalue weighted by molar-refractivity contribution is 0.634. The molecule has 0 aliphatic rings. The highest BCUT2D eigenvalue weighted by atomic mass is 15.0. The first-order valence-electron chi connectivity index (χ1n) is 10.1. The fourth-order valence-corrected chi connectivity index (χ4v) is 3.64. The normalized spacial score (nSPS) is 11.3. The Morgan fingerprint density at radius 3 is 1.24 bits per heavy atom. The van der Waals surface area contributed by atoms with Crippen LogP contribution in [0.1, 0.15) is 20.8 Å². The van der Waals surface area contributed by atoms with Gasteiger partial charge in [-0.25, -0.2) is 0 Å². The Balaban J connectivity index is 2.03. The Hall–Kier alpha value is -3.32. The fourth-order valence-electron chi connectivity index (χ4n) is 3.64. The van der Waals surface area contributed by atoms with E-state index in [-0.39, 0.29) is 5.54 Å². The van der Waals surface area contributed by atoms with E-state index in [9.17, 15) is 0 Å². The molecule has 1 nitrogen and oxygen atoms in total. The Bertz CT molecular complexity index is 1010. The maximum Gasteiger partial charge on any atom is 0.0503 e. The molecule has 0 fully saturated rings. The number of anilines is 1. The lowest BCUT2D eigenvalue weighted by Gasteiger charge is -2.27. The van der Waals surface area contributed by atoms with E-state index < -0.39 is 0 Å². The molecule has 0 aliphatic heterocycles. The maximum absolute atomic E-state index is 3.79. The zero-order valence-electron chi connectivity index (χ0n) is 17.3. The van der Waals surface area contributed by atoms with Gasteiger partial charge in [0.2, 0.25) is 0 Å². The summed E-state index contributed by atoms with van der Waals surface area (Å²) in [6.07, 6.45) is 0. The third kappa shape index (κ3) is 4.41. The van der Waals surface area contributed by atoms with Crippen molar-refractivity contribution >= 4 is 5.69 Å². The van der Waals surface area contributed by atoms with Crippen LogP contribution in [-0.2, 0) is 0 Å². The van der Waals surface area contributed by atoms with E-state index in [0.29, 0.717) is 0 Å². The van der Waals surface area contributed by atoms with Gasteiger partial charge in [0.15, 0.2) is 0 Å². The largest absolute Gasteiger partial charge is 0.379 e. The average Bonchev–Trinajstić information content (AvgIpc) is 2.74. The molecule has 0 amide bonds. The van der Waals surface area contributed by atoms with E-state index in [2.05, 4.69) is 129 Å². The van der Waals surface area contributed by atoms with Crippen LogP contribution < -0.4 is 5.32 Å². The Labute approximate surface area is 174 Å². The molecule has 1 heteroatoms. The van der Waals surface area contributed by atoms with Crippen molar-refractivity contribution in [2.75, 3.05) is 5.32 Å². The third-order valence-electron chi connectivity index (χ3n) is 4.92. The monoisotopic (exact) mass is 377 g/mol. The van der Waals surface area contributed by atoms with Gasteiger partial charge in [-0.2, -0.15) is 0 Å². The van der Waals surface area contributed by atoms with Gasteiger partial charge < -0.3 is 5.32 Å². The summed E-state index contributed by atoms with van der Waals surface area (Å²) in [5.41, 5.74) is 8.45. The summed E-state index contributed by atoms with van der Waals surface area (Å²) in [7, 11) is 0. The summed E-state index contributed by atoms with van der Waals surface area (Å²) in [4.78, 5) is 0. The molecular weight excluding hydrogens is 350 g/mol. The highest BCUT2D eigenvalue weighted by Gasteiger charge is 2.19. The van der Waals surface area contributed by atoms with E-state index in [1.54, 1.807) is 0 Å². The number of nitrogens with one attached hydrogen (secondary N) is 1. The molecule has 4 aromatic rings. The van der Waals surface area contributed by atoms with Gasteiger partial charge in [-0.15, -0.1) is 0 Å². The highest BCUT2D eigenvalue weighted by Crippen LogP contribution is 2.42. The van der Waals surface area contributed by atoms with Gasteiger partial charge in [0.25, 0.3) is 0 Å². The summed E-state index contributed by atoms with van der Waals surface area (Å²) in [6, 6.07) is 36.5. The Kier molecular flexibility index (Phi) is 5.22. The van der Waals surface area contributed by atoms with E-state index in [1.807, 2.05) is 0 Å². The van der Waals surface area contributed by atoms with Crippen LogP contribution in [0, 0.1) is 0 Å². The molecule has 0 aromatic heterocycles. The molecule has 0 atom stereocenters. The van der Waals surface area contributed by atoms with E-state index in [1.165, 1.54) is 39.1 Å².